The smallest absolute Gasteiger partial charge is 0.224 e. The van der Waals surface area contributed by atoms with Gasteiger partial charge in [-0.05, 0) is 35.9 Å². The van der Waals surface area contributed by atoms with Crippen LogP contribution in [0.4, 0.5) is 0 Å². The average Bonchev–Trinajstić information content (AvgIpc) is 2.53. The normalized spacial score (nSPS) is 10.1. The second kappa shape index (κ2) is 7.71. The minimum absolute atomic E-state index is 0.0867. The van der Waals surface area contributed by atoms with Crippen molar-refractivity contribution in [2.75, 3.05) is 14.2 Å². The van der Waals surface area contributed by atoms with Crippen molar-refractivity contribution < 1.29 is 14.3 Å². The predicted octanol–water partition coefficient (Wildman–Crippen LogP) is 3.22. The molecule has 0 spiro atoms. The summed E-state index contributed by atoms with van der Waals surface area (Å²) in [5.74, 6) is 1.36. The van der Waals surface area contributed by atoms with Gasteiger partial charge in [0.2, 0.25) is 5.91 Å². The zero-order chi connectivity index (χ0) is 15.9. The van der Waals surface area contributed by atoms with Crippen molar-refractivity contribution in [3.8, 4) is 11.5 Å². The molecule has 1 N–H and O–H groups in total. The Morgan fingerprint density at radius 2 is 1.82 bits per heavy atom. The summed E-state index contributed by atoms with van der Waals surface area (Å²) in [7, 11) is 3.19. The SMILES string of the molecule is COc1ccc(CNC(=O)Cc2cc(Cl)ccc2OC)cc1. The van der Waals surface area contributed by atoms with Gasteiger partial charge in [0, 0.05) is 17.1 Å². The van der Waals surface area contributed by atoms with Crippen LogP contribution in [0.5, 0.6) is 11.5 Å². The summed E-state index contributed by atoms with van der Waals surface area (Å²) in [4.78, 5) is 12.1. The Hall–Kier alpha value is -2.20. The van der Waals surface area contributed by atoms with Crippen LogP contribution in [0, 0.1) is 0 Å². The van der Waals surface area contributed by atoms with E-state index in [1.807, 2.05) is 24.3 Å². The van der Waals surface area contributed by atoms with E-state index in [-0.39, 0.29) is 12.3 Å². The molecule has 0 fully saturated rings. The molecule has 0 aliphatic carbocycles. The number of hydrogen-bond acceptors (Lipinski definition) is 3. The highest BCUT2D eigenvalue weighted by atomic mass is 35.5. The molecule has 4 nitrogen and oxygen atoms in total. The second-order valence-electron chi connectivity index (χ2n) is 4.76. The number of rotatable bonds is 6. The number of carbonyl (C=O) groups excluding carboxylic acids is 1. The maximum Gasteiger partial charge on any atom is 0.224 e. The lowest BCUT2D eigenvalue weighted by Gasteiger charge is -2.10. The van der Waals surface area contributed by atoms with E-state index in [4.69, 9.17) is 21.1 Å². The van der Waals surface area contributed by atoms with Crippen LogP contribution < -0.4 is 14.8 Å². The molecule has 2 aromatic rings. The van der Waals surface area contributed by atoms with Crippen LogP contribution in [0.3, 0.4) is 0 Å². The molecule has 0 aromatic heterocycles. The molecule has 116 valence electrons. The fourth-order valence-corrected chi connectivity index (χ4v) is 2.26. The van der Waals surface area contributed by atoms with Gasteiger partial charge in [-0.2, -0.15) is 0 Å². The van der Waals surface area contributed by atoms with Crippen LogP contribution in [0.2, 0.25) is 5.02 Å². The largest absolute Gasteiger partial charge is 0.497 e. The molecule has 2 rings (SSSR count). The monoisotopic (exact) mass is 319 g/mol. The van der Waals surface area contributed by atoms with Gasteiger partial charge in [0.25, 0.3) is 0 Å². The lowest BCUT2D eigenvalue weighted by Crippen LogP contribution is -2.24. The standard InChI is InChI=1S/C17H18ClNO3/c1-21-15-6-3-12(4-7-15)11-19-17(20)10-13-9-14(18)5-8-16(13)22-2/h3-9H,10-11H2,1-2H3,(H,19,20). The van der Waals surface area contributed by atoms with Gasteiger partial charge in [0.05, 0.1) is 20.6 Å². The summed E-state index contributed by atoms with van der Waals surface area (Å²) >= 11 is 5.96. The molecule has 0 saturated carbocycles. The molecule has 0 radical (unpaired) electrons. The quantitative estimate of drug-likeness (QED) is 0.889. The molecule has 0 saturated heterocycles. The Labute approximate surface area is 135 Å². The highest BCUT2D eigenvalue weighted by Gasteiger charge is 2.09. The van der Waals surface area contributed by atoms with Gasteiger partial charge in [0.15, 0.2) is 0 Å². The number of hydrogen-bond donors (Lipinski definition) is 1. The summed E-state index contributed by atoms with van der Waals surface area (Å²) in [5, 5.41) is 3.46. The molecule has 0 bridgehead atoms. The van der Waals surface area contributed by atoms with Gasteiger partial charge in [-0.1, -0.05) is 23.7 Å². The van der Waals surface area contributed by atoms with Crippen LogP contribution in [-0.4, -0.2) is 20.1 Å². The number of amides is 1. The molecule has 0 aliphatic rings. The van der Waals surface area contributed by atoms with Gasteiger partial charge >= 0.3 is 0 Å². The van der Waals surface area contributed by atoms with Gasteiger partial charge in [-0.3, -0.25) is 4.79 Å². The van der Waals surface area contributed by atoms with Crippen molar-refractivity contribution >= 4 is 17.5 Å². The van der Waals surface area contributed by atoms with E-state index in [1.54, 1.807) is 32.4 Å². The maximum absolute atomic E-state index is 12.1. The van der Waals surface area contributed by atoms with E-state index in [2.05, 4.69) is 5.32 Å². The molecule has 1 amide bonds. The van der Waals surface area contributed by atoms with Crippen molar-refractivity contribution in [2.24, 2.45) is 0 Å². The van der Waals surface area contributed by atoms with Crippen LogP contribution in [0.15, 0.2) is 42.5 Å². The number of carbonyl (C=O) groups is 1. The third kappa shape index (κ3) is 4.40. The van der Waals surface area contributed by atoms with E-state index >= 15 is 0 Å². The van der Waals surface area contributed by atoms with E-state index < -0.39 is 0 Å². The van der Waals surface area contributed by atoms with Gasteiger partial charge in [-0.15, -0.1) is 0 Å². The van der Waals surface area contributed by atoms with E-state index in [0.717, 1.165) is 16.9 Å². The van der Waals surface area contributed by atoms with Crippen molar-refractivity contribution in [1.82, 2.24) is 5.32 Å². The van der Waals surface area contributed by atoms with Gasteiger partial charge in [-0.25, -0.2) is 0 Å². The minimum atomic E-state index is -0.0867. The molecule has 5 heteroatoms. The van der Waals surface area contributed by atoms with E-state index in [0.29, 0.717) is 17.3 Å². The third-order valence-electron chi connectivity index (χ3n) is 3.24. The van der Waals surface area contributed by atoms with Crippen LogP contribution in [0.1, 0.15) is 11.1 Å². The molecule has 0 unspecified atom stereocenters. The van der Waals surface area contributed by atoms with Crippen LogP contribution in [-0.2, 0) is 17.8 Å². The molecular formula is C17H18ClNO3. The Morgan fingerprint density at radius 1 is 1.09 bits per heavy atom. The van der Waals surface area contributed by atoms with Crippen LogP contribution in [0.25, 0.3) is 0 Å². The minimum Gasteiger partial charge on any atom is -0.497 e. The Morgan fingerprint density at radius 3 is 2.45 bits per heavy atom. The van der Waals surface area contributed by atoms with Crippen molar-refractivity contribution in [3.05, 3.63) is 58.6 Å². The third-order valence-corrected chi connectivity index (χ3v) is 3.48. The highest BCUT2D eigenvalue weighted by molar-refractivity contribution is 6.30. The summed E-state index contributed by atoms with van der Waals surface area (Å²) in [5.41, 5.74) is 1.77. The average molecular weight is 320 g/mol. The number of benzene rings is 2. The van der Waals surface area contributed by atoms with Crippen molar-refractivity contribution in [2.45, 2.75) is 13.0 Å². The first kappa shape index (κ1) is 16.2. The first-order valence-corrected chi connectivity index (χ1v) is 7.22. The second-order valence-corrected chi connectivity index (χ2v) is 5.19. The summed E-state index contributed by atoms with van der Waals surface area (Å²) in [6, 6.07) is 12.8. The lowest BCUT2D eigenvalue weighted by atomic mass is 10.1. The molecule has 2 aromatic carbocycles. The zero-order valence-electron chi connectivity index (χ0n) is 12.6. The lowest BCUT2D eigenvalue weighted by molar-refractivity contribution is -0.120. The summed E-state index contributed by atoms with van der Waals surface area (Å²) in [6.45, 7) is 0.464. The summed E-state index contributed by atoms with van der Waals surface area (Å²) in [6.07, 6.45) is 0.222. The highest BCUT2D eigenvalue weighted by Crippen LogP contribution is 2.23. The predicted molar refractivity (Wildman–Crippen MR) is 86.5 cm³/mol. The fraction of sp³-hybridized carbons (Fsp3) is 0.235. The molecular weight excluding hydrogens is 302 g/mol. The van der Waals surface area contributed by atoms with Gasteiger partial charge in [0.1, 0.15) is 11.5 Å². The van der Waals surface area contributed by atoms with E-state index in [9.17, 15) is 4.79 Å². The van der Waals surface area contributed by atoms with Gasteiger partial charge < -0.3 is 14.8 Å². The molecule has 0 heterocycles. The molecule has 0 aliphatic heterocycles. The summed E-state index contributed by atoms with van der Waals surface area (Å²) < 4.78 is 10.3. The van der Waals surface area contributed by atoms with E-state index in [1.165, 1.54) is 0 Å². The van der Waals surface area contributed by atoms with Crippen molar-refractivity contribution in [1.29, 1.82) is 0 Å². The Bertz CT molecular complexity index is 641. The topological polar surface area (TPSA) is 47.6 Å². The first-order valence-electron chi connectivity index (χ1n) is 6.84. The van der Waals surface area contributed by atoms with Crippen LogP contribution >= 0.6 is 11.6 Å². The number of ether oxygens (including phenoxy) is 2. The zero-order valence-corrected chi connectivity index (χ0v) is 13.3. The molecule has 0 atom stereocenters. The van der Waals surface area contributed by atoms with Crippen molar-refractivity contribution in [3.63, 3.8) is 0 Å². The first-order chi connectivity index (χ1) is 10.6. The number of methoxy groups -OCH3 is 2. The molecule has 22 heavy (non-hydrogen) atoms. The maximum atomic E-state index is 12.1. The fourth-order valence-electron chi connectivity index (χ4n) is 2.06. The number of halogens is 1. The Balaban J connectivity index is 1.94. The Kier molecular flexibility index (Phi) is 5.67. The number of nitrogens with one attached hydrogen (secondary N) is 1.